The Labute approximate surface area is 118 Å². The molecular formula is C14H21N3O3. The fraction of sp³-hybridized carbons (Fsp3) is 0.500. The molecular weight excluding hydrogens is 258 g/mol. The molecule has 1 aromatic carbocycles. The van der Waals surface area contributed by atoms with Gasteiger partial charge in [0.1, 0.15) is 0 Å². The van der Waals surface area contributed by atoms with Crippen molar-refractivity contribution in [1.29, 1.82) is 0 Å². The molecule has 6 heteroatoms. The zero-order valence-electron chi connectivity index (χ0n) is 11.6. The monoisotopic (exact) mass is 279 g/mol. The topological polar surface area (TPSA) is 96.6 Å². The van der Waals surface area contributed by atoms with Crippen molar-refractivity contribution in [2.75, 3.05) is 37.9 Å². The molecule has 0 aliphatic carbocycles. The molecule has 110 valence electrons. The van der Waals surface area contributed by atoms with Crippen LogP contribution in [0.4, 0.5) is 11.4 Å². The highest BCUT2D eigenvalue weighted by atomic mass is 16.5. The number of rotatable bonds is 4. The minimum atomic E-state index is -0.760. The summed E-state index contributed by atoms with van der Waals surface area (Å²) in [4.78, 5) is 11.5. The van der Waals surface area contributed by atoms with E-state index in [1.54, 1.807) is 25.2 Å². The fourth-order valence-corrected chi connectivity index (χ4v) is 2.20. The van der Waals surface area contributed by atoms with Crippen molar-refractivity contribution < 1.29 is 14.6 Å². The van der Waals surface area contributed by atoms with E-state index in [4.69, 9.17) is 10.5 Å². The van der Waals surface area contributed by atoms with Crippen LogP contribution < -0.4 is 16.4 Å². The summed E-state index contributed by atoms with van der Waals surface area (Å²) in [5.41, 5.74) is 6.89. The van der Waals surface area contributed by atoms with Gasteiger partial charge in [-0.2, -0.15) is 0 Å². The van der Waals surface area contributed by atoms with Crippen molar-refractivity contribution in [2.45, 2.75) is 18.4 Å². The highest BCUT2D eigenvalue weighted by Crippen LogP contribution is 2.24. The molecule has 0 atom stereocenters. The lowest BCUT2D eigenvalue weighted by Gasteiger charge is -2.32. The molecule has 1 fully saturated rings. The van der Waals surface area contributed by atoms with Crippen molar-refractivity contribution in [1.82, 2.24) is 5.32 Å². The Morgan fingerprint density at radius 2 is 2.15 bits per heavy atom. The first-order valence-corrected chi connectivity index (χ1v) is 6.70. The summed E-state index contributed by atoms with van der Waals surface area (Å²) in [5.74, 6) is -0.175. The average molecular weight is 279 g/mol. The van der Waals surface area contributed by atoms with Crippen LogP contribution in [0.3, 0.4) is 0 Å². The SMILES string of the molecule is CNC(=O)c1ccc(NCC2(O)CCOCC2)c(N)c1. The molecule has 0 spiro atoms. The maximum atomic E-state index is 11.5. The standard InChI is InChI=1S/C14H21N3O3/c1-16-13(18)10-2-3-12(11(15)8-10)17-9-14(19)4-6-20-7-5-14/h2-3,8,17,19H,4-7,9,15H2,1H3,(H,16,18). The third-order valence-corrected chi connectivity index (χ3v) is 3.57. The van der Waals surface area contributed by atoms with E-state index in [-0.39, 0.29) is 5.91 Å². The summed E-state index contributed by atoms with van der Waals surface area (Å²) in [6.45, 7) is 1.56. The normalized spacial score (nSPS) is 17.5. The summed E-state index contributed by atoms with van der Waals surface area (Å²) >= 11 is 0. The number of nitrogen functional groups attached to an aromatic ring is 1. The van der Waals surface area contributed by atoms with Gasteiger partial charge in [-0.05, 0) is 18.2 Å². The average Bonchev–Trinajstić information content (AvgIpc) is 2.46. The smallest absolute Gasteiger partial charge is 0.251 e. The van der Waals surface area contributed by atoms with Crippen molar-refractivity contribution in [2.24, 2.45) is 0 Å². The van der Waals surface area contributed by atoms with E-state index in [0.29, 0.717) is 43.9 Å². The number of nitrogens with one attached hydrogen (secondary N) is 2. The van der Waals surface area contributed by atoms with Crippen LogP contribution in [0.15, 0.2) is 18.2 Å². The van der Waals surface area contributed by atoms with Crippen LogP contribution in [0.2, 0.25) is 0 Å². The van der Waals surface area contributed by atoms with Crippen molar-refractivity contribution in [3.63, 3.8) is 0 Å². The Kier molecular flexibility index (Phi) is 4.46. The van der Waals surface area contributed by atoms with Crippen LogP contribution in [-0.2, 0) is 4.74 Å². The number of ether oxygens (including phenoxy) is 1. The van der Waals surface area contributed by atoms with Gasteiger partial charge in [-0.3, -0.25) is 4.79 Å². The number of aliphatic hydroxyl groups is 1. The van der Waals surface area contributed by atoms with Crippen molar-refractivity contribution >= 4 is 17.3 Å². The lowest BCUT2D eigenvalue weighted by molar-refractivity contribution is -0.0543. The predicted octanol–water partition coefficient (Wildman–Crippen LogP) is 0.582. The van der Waals surface area contributed by atoms with Gasteiger partial charge in [0.05, 0.1) is 17.0 Å². The number of anilines is 2. The van der Waals surface area contributed by atoms with Gasteiger partial charge in [0.25, 0.3) is 5.91 Å². The summed E-state index contributed by atoms with van der Waals surface area (Å²) in [7, 11) is 1.57. The number of benzene rings is 1. The zero-order valence-corrected chi connectivity index (χ0v) is 11.6. The number of carbonyl (C=O) groups is 1. The number of hydrogen-bond acceptors (Lipinski definition) is 5. The Morgan fingerprint density at radius 3 is 2.75 bits per heavy atom. The Bertz CT molecular complexity index is 485. The van der Waals surface area contributed by atoms with Gasteiger partial charge in [-0.15, -0.1) is 0 Å². The molecule has 1 amide bonds. The summed E-state index contributed by atoms with van der Waals surface area (Å²) in [5, 5.41) is 16.1. The molecule has 0 unspecified atom stereocenters. The highest BCUT2D eigenvalue weighted by Gasteiger charge is 2.29. The second kappa shape index (κ2) is 6.11. The Hall–Kier alpha value is -1.79. The van der Waals surface area contributed by atoms with Crippen LogP contribution in [0, 0.1) is 0 Å². The summed E-state index contributed by atoms with van der Waals surface area (Å²) < 4.78 is 5.24. The lowest BCUT2D eigenvalue weighted by Crippen LogP contribution is -2.42. The molecule has 5 N–H and O–H groups in total. The van der Waals surface area contributed by atoms with Crippen LogP contribution >= 0.6 is 0 Å². The highest BCUT2D eigenvalue weighted by molar-refractivity contribution is 5.95. The van der Waals surface area contributed by atoms with Crippen LogP contribution in [-0.4, -0.2) is 43.4 Å². The molecule has 1 heterocycles. The van der Waals surface area contributed by atoms with E-state index in [9.17, 15) is 9.90 Å². The second-order valence-electron chi connectivity index (χ2n) is 5.07. The predicted molar refractivity (Wildman–Crippen MR) is 77.7 cm³/mol. The van der Waals surface area contributed by atoms with E-state index in [1.807, 2.05) is 0 Å². The van der Waals surface area contributed by atoms with E-state index in [2.05, 4.69) is 10.6 Å². The van der Waals surface area contributed by atoms with Gasteiger partial charge in [0.15, 0.2) is 0 Å². The maximum absolute atomic E-state index is 11.5. The van der Waals surface area contributed by atoms with E-state index < -0.39 is 5.60 Å². The van der Waals surface area contributed by atoms with E-state index in [1.165, 1.54) is 0 Å². The minimum absolute atomic E-state index is 0.175. The quantitative estimate of drug-likeness (QED) is 0.605. The van der Waals surface area contributed by atoms with E-state index in [0.717, 1.165) is 5.69 Å². The minimum Gasteiger partial charge on any atom is -0.397 e. The van der Waals surface area contributed by atoms with Gasteiger partial charge in [-0.25, -0.2) is 0 Å². The van der Waals surface area contributed by atoms with Gasteiger partial charge in [-0.1, -0.05) is 0 Å². The lowest BCUT2D eigenvalue weighted by atomic mass is 9.94. The maximum Gasteiger partial charge on any atom is 0.251 e. The molecule has 1 saturated heterocycles. The molecule has 20 heavy (non-hydrogen) atoms. The van der Waals surface area contributed by atoms with Gasteiger partial charge in [0.2, 0.25) is 0 Å². The molecule has 1 aromatic rings. The second-order valence-corrected chi connectivity index (χ2v) is 5.07. The van der Waals surface area contributed by atoms with Gasteiger partial charge < -0.3 is 26.2 Å². The molecule has 1 aliphatic rings. The third kappa shape index (κ3) is 3.40. The molecule has 0 radical (unpaired) electrons. The molecule has 6 nitrogen and oxygen atoms in total. The first-order valence-electron chi connectivity index (χ1n) is 6.70. The third-order valence-electron chi connectivity index (χ3n) is 3.57. The molecule has 2 rings (SSSR count). The van der Waals surface area contributed by atoms with Gasteiger partial charge in [0, 0.05) is 45.2 Å². The number of hydrogen-bond donors (Lipinski definition) is 4. The largest absolute Gasteiger partial charge is 0.397 e. The first kappa shape index (κ1) is 14.6. The number of nitrogens with two attached hydrogens (primary N) is 1. The fourth-order valence-electron chi connectivity index (χ4n) is 2.20. The molecule has 0 saturated carbocycles. The molecule has 0 bridgehead atoms. The van der Waals surface area contributed by atoms with Crippen molar-refractivity contribution in [3.8, 4) is 0 Å². The van der Waals surface area contributed by atoms with Crippen LogP contribution in [0.5, 0.6) is 0 Å². The summed E-state index contributed by atoms with van der Waals surface area (Å²) in [6.07, 6.45) is 1.21. The summed E-state index contributed by atoms with van der Waals surface area (Å²) in [6, 6.07) is 5.07. The van der Waals surface area contributed by atoms with E-state index >= 15 is 0 Å². The first-order chi connectivity index (χ1) is 9.54. The molecule has 0 aromatic heterocycles. The Balaban J connectivity index is 2.01. The van der Waals surface area contributed by atoms with Crippen LogP contribution in [0.25, 0.3) is 0 Å². The number of carbonyl (C=O) groups excluding carboxylic acids is 1. The van der Waals surface area contributed by atoms with Gasteiger partial charge >= 0.3 is 0 Å². The van der Waals surface area contributed by atoms with Crippen molar-refractivity contribution in [3.05, 3.63) is 23.8 Å². The zero-order chi connectivity index (χ0) is 14.6. The Morgan fingerprint density at radius 1 is 1.45 bits per heavy atom. The number of amides is 1. The molecule has 1 aliphatic heterocycles. The van der Waals surface area contributed by atoms with Crippen LogP contribution in [0.1, 0.15) is 23.2 Å².